The summed E-state index contributed by atoms with van der Waals surface area (Å²) in [6.07, 6.45) is -4.55. The molecule has 0 aliphatic rings. The first kappa shape index (κ1) is 19.2. The summed E-state index contributed by atoms with van der Waals surface area (Å²) in [6, 6.07) is 4.41. The Labute approximate surface area is 153 Å². The van der Waals surface area contributed by atoms with Crippen LogP contribution in [-0.4, -0.2) is 13.7 Å². The van der Waals surface area contributed by atoms with Crippen LogP contribution in [-0.2, 0) is 6.18 Å². The molecule has 1 aromatic carbocycles. The summed E-state index contributed by atoms with van der Waals surface area (Å²) in [5.41, 5.74) is -0.766. The van der Waals surface area contributed by atoms with Crippen molar-refractivity contribution in [2.75, 3.05) is 0 Å². The molecule has 0 fully saturated rings. The Morgan fingerprint density at radius 3 is 2.33 bits per heavy atom. The van der Waals surface area contributed by atoms with E-state index in [1.54, 1.807) is 6.07 Å². The van der Waals surface area contributed by atoms with Crippen molar-refractivity contribution in [1.29, 1.82) is 5.26 Å². The van der Waals surface area contributed by atoms with Crippen LogP contribution in [0, 0.1) is 18.3 Å². The molecule has 0 aliphatic carbocycles. The maximum absolute atomic E-state index is 13.4. The number of benzene rings is 1. The molecular weight excluding hydrogens is 413 g/mol. The standard InChI is InChI=1S/C13H6Cl3F4N3S/c1-6-11(24-13(15,16)20)9(5-21)22-23(6)10-3-2-7(4-8(10)14)12(17,18)19/h2-4H,1H3. The third-order valence-corrected chi connectivity index (χ3v) is 4.58. The molecule has 3 nitrogen and oxygen atoms in total. The number of hydrogen-bond donors (Lipinski definition) is 0. The van der Waals surface area contributed by atoms with E-state index in [9.17, 15) is 17.6 Å². The van der Waals surface area contributed by atoms with E-state index in [2.05, 4.69) is 5.10 Å². The summed E-state index contributed by atoms with van der Waals surface area (Å²) in [5.74, 6) is 0. The zero-order chi connectivity index (χ0) is 18.3. The fraction of sp³-hybridized carbons (Fsp3) is 0.231. The monoisotopic (exact) mass is 417 g/mol. The van der Waals surface area contributed by atoms with Gasteiger partial charge in [-0.05, 0) is 36.9 Å². The van der Waals surface area contributed by atoms with Gasteiger partial charge in [0.05, 0.1) is 26.9 Å². The molecule has 2 rings (SSSR count). The molecule has 0 saturated heterocycles. The Morgan fingerprint density at radius 1 is 1.25 bits per heavy atom. The van der Waals surface area contributed by atoms with Gasteiger partial charge in [0.15, 0.2) is 5.69 Å². The van der Waals surface area contributed by atoms with E-state index >= 15 is 0 Å². The normalized spacial score (nSPS) is 12.3. The first-order valence-electron chi connectivity index (χ1n) is 6.06. The molecular formula is C13H6Cl3F4N3S. The molecule has 0 atom stereocenters. The van der Waals surface area contributed by atoms with Crippen molar-refractivity contribution in [3.05, 3.63) is 40.2 Å². The van der Waals surface area contributed by atoms with Gasteiger partial charge in [-0.25, -0.2) is 4.68 Å². The van der Waals surface area contributed by atoms with Crippen LogP contribution in [0.4, 0.5) is 17.6 Å². The van der Waals surface area contributed by atoms with E-state index in [0.29, 0.717) is 11.8 Å². The Morgan fingerprint density at radius 2 is 1.88 bits per heavy atom. The second-order valence-electron chi connectivity index (χ2n) is 4.50. The number of rotatable bonds is 3. The SMILES string of the molecule is Cc1c(SC(F)(Cl)Cl)c(C#N)nn1-c1ccc(C(F)(F)F)cc1Cl. The summed E-state index contributed by atoms with van der Waals surface area (Å²) in [6.45, 7) is 1.48. The van der Waals surface area contributed by atoms with Crippen molar-refractivity contribution in [3.63, 3.8) is 0 Å². The van der Waals surface area contributed by atoms with Gasteiger partial charge in [0.25, 0.3) is 0 Å². The molecule has 1 aromatic heterocycles. The van der Waals surface area contributed by atoms with E-state index in [-0.39, 0.29) is 27.0 Å². The van der Waals surface area contributed by atoms with Gasteiger partial charge in [-0.15, -0.1) is 0 Å². The van der Waals surface area contributed by atoms with Crippen LogP contribution in [0.3, 0.4) is 0 Å². The van der Waals surface area contributed by atoms with Crippen LogP contribution >= 0.6 is 46.6 Å². The van der Waals surface area contributed by atoms with E-state index in [1.807, 2.05) is 0 Å². The lowest BCUT2D eigenvalue weighted by molar-refractivity contribution is -0.137. The van der Waals surface area contributed by atoms with Gasteiger partial charge in [0.2, 0.25) is 0 Å². The molecule has 11 heteroatoms. The number of halogens is 7. The van der Waals surface area contributed by atoms with Crippen molar-refractivity contribution in [3.8, 4) is 11.8 Å². The minimum absolute atomic E-state index is 0.0564. The molecule has 0 amide bonds. The average molecular weight is 419 g/mol. The Balaban J connectivity index is 2.57. The Hall–Kier alpha value is -1.14. The second-order valence-corrected chi connectivity index (χ2v) is 7.76. The largest absolute Gasteiger partial charge is 0.416 e. The molecule has 2 aromatic rings. The van der Waals surface area contributed by atoms with Crippen molar-refractivity contribution < 1.29 is 17.6 Å². The number of alkyl halides is 6. The quantitative estimate of drug-likeness (QED) is 0.355. The molecule has 24 heavy (non-hydrogen) atoms. The molecule has 0 aliphatic heterocycles. The smallest absolute Gasteiger partial charge is 0.234 e. The Kier molecular flexibility index (Phi) is 5.31. The van der Waals surface area contributed by atoms with Crippen molar-refractivity contribution in [2.24, 2.45) is 0 Å². The number of thioether (sulfide) groups is 1. The molecule has 0 bridgehead atoms. The lowest BCUT2D eigenvalue weighted by Gasteiger charge is -2.12. The van der Waals surface area contributed by atoms with Gasteiger partial charge in [0.1, 0.15) is 6.07 Å². The maximum atomic E-state index is 13.4. The summed E-state index contributed by atoms with van der Waals surface area (Å²) >= 11 is 16.8. The first-order chi connectivity index (χ1) is 10.9. The fourth-order valence-corrected chi connectivity index (χ4v) is 3.26. The predicted molar refractivity (Wildman–Crippen MR) is 84.4 cm³/mol. The number of aromatic nitrogens is 2. The lowest BCUT2D eigenvalue weighted by atomic mass is 10.2. The van der Waals surface area contributed by atoms with Gasteiger partial charge in [-0.3, -0.25) is 0 Å². The highest BCUT2D eigenvalue weighted by Gasteiger charge is 2.32. The highest BCUT2D eigenvalue weighted by molar-refractivity contribution is 8.03. The van der Waals surface area contributed by atoms with Crippen LogP contribution < -0.4 is 0 Å². The van der Waals surface area contributed by atoms with Crippen LogP contribution in [0.1, 0.15) is 17.0 Å². The van der Waals surface area contributed by atoms with Gasteiger partial charge in [0, 0.05) is 0 Å². The zero-order valence-electron chi connectivity index (χ0n) is 11.6. The average Bonchev–Trinajstić information content (AvgIpc) is 2.73. The molecule has 0 radical (unpaired) electrons. The second kappa shape index (κ2) is 6.64. The minimum atomic E-state index is -4.55. The third kappa shape index (κ3) is 4.09. The number of hydrogen-bond acceptors (Lipinski definition) is 3. The van der Waals surface area contributed by atoms with Crippen molar-refractivity contribution in [1.82, 2.24) is 9.78 Å². The molecule has 0 N–H and O–H groups in total. The van der Waals surface area contributed by atoms with Gasteiger partial charge >= 0.3 is 10.1 Å². The number of nitrogens with zero attached hydrogens (tertiary/aromatic N) is 3. The van der Waals surface area contributed by atoms with E-state index in [4.69, 9.17) is 40.1 Å². The summed E-state index contributed by atoms with van der Waals surface area (Å²) in [7, 11) is 0. The van der Waals surface area contributed by atoms with Crippen LogP contribution in [0.25, 0.3) is 5.69 Å². The molecule has 1 heterocycles. The van der Waals surface area contributed by atoms with Gasteiger partial charge in [-0.1, -0.05) is 34.8 Å². The molecule has 0 unspecified atom stereocenters. The van der Waals surface area contributed by atoms with Crippen LogP contribution in [0.5, 0.6) is 0 Å². The topological polar surface area (TPSA) is 41.6 Å². The van der Waals surface area contributed by atoms with Crippen LogP contribution in [0.2, 0.25) is 5.02 Å². The van der Waals surface area contributed by atoms with E-state index < -0.39 is 15.7 Å². The highest BCUT2D eigenvalue weighted by atomic mass is 35.5. The van der Waals surface area contributed by atoms with Crippen molar-refractivity contribution in [2.45, 2.75) is 21.9 Å². The maximum Gasteiger partial charge on any atom is 0.416 e. The first-order valence-corrected chi connectivity index (χ1v) is 8.01. The molecule has 128 valence electrons. The summed E-state index contributed by atoms with van der Waals surface area (Å²) in [4.78, 5) is 0.0564. The van der Waals surface area contributed by atoms with Crippen LogP contribution in [0.15, 0.2) is 23.1 Å². The highest BCUT2D eigenvalue weighted by Crippen LogP contribution is 2.44. The minimum Gasteiger partial charge on any atom is -0.234 e. The molecule has 0 spiro atoms. The predicted octanol–water partition coefficient (Wildman–Crippen LogP) is 5.88. The van der Waals surface area contributed by atoms with E-state index in [0.717, 1.165) is 22.9 Å². The van der Waals surface area contributed by atoms with E-state index in [1.165, 1.54) is 6.92 Å². The van der Waals surface area contributed by atoms with Crippen molar-refractivity contribution >= 4 is 46.6 Å². The third-order valence-electron chi connectivity index (χ3n) is 2.89. The Bertz CT molecular complexity index is 822. The summed E-state index contributed by atoms with van der Waals surface area (Å²) < 4.78 is 49.9. The lowest BCUT2D eigenvalue weighted by Crippen LogP contribution is -2.07. The molecule has 0 saturated carbocycles. The van der Waals surface area contributed by atoms with Gasteiger partial charge < -0.3 is 0 Å². The fourth-order valence-electron chi connectivity index (χ4n) is 1.89. The zero-order valence-corrected chi connectivity index (χ0v) is 14.7. The number of nitriles is 1. The summed E-state index contributed by atoms with van der Waals surface area (Å²) in [5, 5.41) is 12.8. The van der Waals surface area contributed by atoms with Gasteiger partial charge in [-0.2, -0.15) is 27.9 Å².